The Morgan fingerprint density at radius 3 is 2.78 bits per heavy atom. The summed E-state index contributed by atoms with van der Waals surface area (Å²) in [7, 11) is 1.93. The van der Waals surface area contributed by atoms with Gasteiger partial charge >= 0.3 is 0 Å². The molecule has 0 saturated heterocycles. The maximum absolute atomic E-state index is 4.47. The third-order valence-corrected chi connectivity index (χ3v) is 3.71. The molecule has 1 unspecified atom stereocenters. The van der Waals surface area contributed by atoms with E-state index in [2.05, 4.69) is 31.7 Å². The second-order valence-electron chi connectivity index (χ2n) is 3.97. The van der Waals surface area contributed by atoms with E-state index in [1.54, 1.807) is 11.3 Å². The average molecular weight is 256 g/mol. The molecule has 4 nitrogen and oxygen atoms in total. The van der Waals surface area contributed by atoms with Gasteiger partial charge in [0.15, 0.2) is 0 Å². The van der Waals surface area contributed by atoms with Crippen molar-refractivity contribution in [2.45, 2.75) is 6.04 Å². The lowest BCUT2D eigenvalue weighted by Crippen LogP contribution is -2.18. The van der Waals surface area contributed by atoms with E-state index in [4.69, 9.17) is 0 Å². The number of hydrogen-bond acceptors (Lipinski definition) is 5. The lowest BCUT2D eigenvalue weighted by Gasteiger charge is -2.15. The van der Waals surface area contributed by atoms with Crippen LogP contribution in [0.1, 0.15) is 17.2 Å². The van der Waals surface area contributed by atoms with Gasteiger partial charge in [-0.15, -0.1) is 11.3 Å². The third-order valence-electron chi connectivity index (χ3n) is 2.86. The Morgan fingerprint density at radius 2 is 2.00 bits per heavy atom. The molecule has 0 bridgehead atoms. The zero-order chi connectivity index (χ0) is 12.4. The number of nitrogens with zero attached hydrogens (tertiary/aromatic N) is 3. The maximum atomic E-state index is 4.47. The Balaban J connectivity index is 2.05. The van der Waals surface area contributed by atoms with Gasteiger partial charge in [0.05, 0.1) is 16.3 Å². The smallest absolute Gasteiger partial charge is 0.115 e. The van der Waals surface area contributed by atoms with Gasteiger partial charge in [-0.3, -0.25) is 4.98 Å². The maximum Gasteiger partial charge on any atom is 0.115 e. The Labute approximate surface area is 109 Å². The second kappa shape index (κ2) is 4.80. The van der Waals surface area contributed by atoms with Crippen LogP contribution in [0.3, 0.4) is 0 Å². The molecule has 3 heterocycles. The van der Waals surface area contributed by atoms with E-state index in [9.17, 15) is 0 Å². The first-order valence-electron chi connectivity index (χ1n) is 5.64. The van der Waals surface area contributed by atoms with E-state index in [0.717, 1.165) is 16.6 Å². The van der Waals surface area contributed by atoms with Crippen molar-refractivity contribution in [3.8, 4) is 0 Å². The average Bonchev–Trinajstić information content (AvgIpc) is 2.88. The fourth-order valence-corrected chi connectivity index (χ4v) is 2.79. The molecule has 3 aromatic rings. The number of thiophene rings is 1. The topological polar surface area (TPSA) is 50.7 Å². The minimum Gasteiger partial charge on any atom is -0.309 e. The number of nitrogens with one attached hydrogen (secondary N) is 1. The van der Waals surface area contributed by atoms with E-state index < -0.39 is 0 Å². The number of pyridine rings is 1. The van der Waals surface area contributed by atoms with Crippen molar-refractivity contribution in [3.05, 3.63) is 53.6 Å². The molecule has 0 spiro atoms. The van der Waals surface area contributed by atoms with Crippen molar-refractivity contribution in [1.29, 1.82) is 0 Å². The van der Waals surface area contributed by atoms with Crippen LogP contribution in [0.25, 0.3) is 10.2 Å². The molecule has 1 atom stereocenters. The van der Waals surface area contributed by atoms with Crippen LogP contribution in [0.15, 0.2) is 42.4 Å². The Hall–Kier alpha value is -1.85. The summed E-state index contributed by atoms with van der Waals surface area (Å²) in [6.45, 7) is 0. The van der Waals surface area contributed by atoms with Crippen molar-refractivity contribution < 1.29 is 0 Å². The van der Waals surface area contributed by atoms with Crippen LogP contribution in [0, 0.1) is 0 Å². The molecule has 0 saturated carbocycles. The summed E-state index contributed by atoms with van der Waals surface area (Å²) < 4.78 is 1.20. The number of aromatic nitrogens is 3. The van der Waals surface area contributed by atoms with Gasteiger partial charge < -0.3 is 5.32 Å². The second-order valence-corrected chi connectivity index (χ2v) is 4.91. The Morgan fingerprint density at radius 1 is 1.17 bits per heavy atom. The van der Waals surface area contributed by atoms with Gasteiger partial charge in [0.1, 0.15) is 6.33 Å². The quantitative estimate of drug-likeness (QED) is 0.781. The zero-order valence-corrected chi connectivity index (χ0v) is 10.7. The van der Waals surface area contributed by atoms with Crippen LogP contribution < -0.4 is 5.32 Å². The molecule has 0 aliphatic carbocycles. The van der Waals surface area contributed by atoms with Crippen LogP contribution in [0.4, 0.5) is 0 Å². The standard InChI is InChI=1S/C13H12N4S/c1-14-13(10-5-15-8-16-6-10)9-4-12-11(17-7-9)2-3-18-12/h2-8,13-14H,1H3. The van der Waals surface area contributed by atoms with Crippen molar-refractivity contribution >= 4 is 21.6 Å². The summed E-state index contributed by atoms with van der Waals surface area (Å²) in [6, 6.07) is 4.27. The molecule has 3 rings (SSSR count). The van der Waals surface area contributed by atoms with Crippen molar-refractivity contribution in [1.82, 2.24) is 20.3 Å². The predicted molar refractivity (Wildman–Crippen MR) is 72.6 cm³/mol. The fraction of sp³-hybridized carbons (Fsp3) is 0.154. The van der Waals surface area contributed by atoms with Gasteiger partial charge in [0.25, 0.3) is 0 Å². The molecular formula is C13H12N4S. The fourth-order valence-electron chi connectivity index (χ4n) is 2.00. The molecule has 1 N–H and O–H groups in total. The molecule has 0 aliphatic rings. The molecular weight excluding hydrogens is 244 g/mol. The predicted octanol–water partition coefficient (Wildman–Crippen LogP) is 2.40. The summed E-state index contributed by atoms with van der Waals surface area (Å²) in [6.07, 6.45) is 7.10. The molecule has 0 fully saturated rings. The monoisotopic (exact) mass is 256 g/mol. The van der Waals surface area contributed by atoms with Gasteiger partial charge in [-0.25, -0.2) is 9.97 Å². The third kappa shape index (κ3) is 1.98. The first-order valence-corrected chi connectivity index (χ1v) is 6.52. The van der Waals surface area contributed by atoms with E-state index in [0.29, 0.717) is 0 Å². The molecule has 5 heteroatoms. The van der Waals surface area contributed by atoms with Gasteiger partial charge in [-0.1, -0.05) is 0 Å². The molecule has 0 aromatic carbocycles. The van der Waals surface area contributed by atoms with E-state index >= 15 is 0 Å². The summed E-state index contributed by atoms with van der Waals surface area (Å²) >= 11 is 1.70. The first-order chi connectivity index (χ1) is 8.88. The largest absolute Gasteiger partial charge is 0.309 e. The molecule has 18 heavy (non-hydrogen) atoms. The summed E-state index contributed by atoms with van der Waals surface area (Å²) in [5, 5.41) is 5.33. The molecule has 0 amide bonds. The lowest BCUT2D eigenvalue weighted by molar-refractivity contribution is 0.683. The van der Waals surface area contributed by atoms with Gasteiger partial charge in [0.2, 0.25) is 0 Å². The van der Waals surface area contributed by atoms with Gasteiger partial charge in [-0.2, -0.15) is 0 Å². The van der Waals surface area contributed by atoms with Crippen LogP contribution in [0.2, 0.25) is 0 Å². The highest BCUT2D eigenvalue weighted by Crippen LogP contribution is 2.25. The van der Waals surface area contributed by atoms with Crippen LogP contribution in [0.5, 0.6) is 0 Å². The van der Waals surface area contributed by atoms with Gasteiger partial charge in [-0.05, 0) is 30.1 Å². The molecule has 90 valence electrons. The van der Waals surface area contributed by atoms with Gasteiger partial charge in [0, 0.05) is 24.2 Å². The number of hydrogen-bond donors (Lipinski definition) is 1. The van der Waals surface area contributed by atoms with Crippen molar-refractivity contribution in [2.75, 3.05) is 7.05 Å². The zero-order valence-electron chi connectivity index (χ0n) is 9.87. The summed E-state index contributed by atoms with van der Waals surface area (Å²) in [4.78, 5) is 12.6. The molecule has 0 radical (unpaired) electrons. The first kappa shape index (κ1) is 11.3. The van der Waals surface area contributed by atoms with Crippen LogP contribution in [-0.2, 0) is 0 Å². The van der Waals surface area contributed by atoms with Crippen molar-refractivity contribution in [3.63, 3.8) is 0 Å². The molecule has 0 aliphatic heterocycles. The highest BCUT2D eigenvalue weighted by Gasteiger charge is 2.13. The van der Waals surface area contributed by atoms with Crippen LogP contribution in [-0.4, -0.2) is 22.0 Å². The Kier molecular flexibility index (Phi) is 3.00. The number of rotatable bonds is 3. The lowest BCUT2D eigenvalue weighted by atomic mass is 10.0. The summed E-state index contributed by atoms with van der Waals surface area (Å²) in [5.41, 5.74) is 3.21. The SMILES string of the molecule is CNC(c1cncnc1)c1cnc2ccsc2c1. The highest BCUT2D eigenvalue weighted by molar-refractivity contribution is 7.17. The minimum atomic E-state index is 0.0743. The highest BCUT2D eigenvalue weighted by atomic mass is 32.1. The summed E-state index contributed by atoms with van der Waals surface area (Å²) in [5.74, 6) is 0. The molecule has 3 aromatic heterocycles. The normalized spacial score (nSPS) is 12.7. The number of fused-ring (bicyclic) bond motifs is 1. The van der Waals surface area contributed by atoms with E-state index in [1.807, 2.05) is 31.7 Å². The van der Waals surface area contributed by atoms with Crippen LogP contribution >= 0.6 is 11.3 Å². The van der Waals surface area contributed by atoms with E-state index in [-0.39, 0.29) is 6.04 Å². The van der Waals surface area contributed by atoms with E-state index in [1.165, 1.54) is 11.0 Å². The Bertz CT molecular complexity index is 650. The van der Waals surface area contributed by atoms with Crippen molar-refractivity contribution in [2.24, 2.45) is 0 Å². The minimum absolute atomic E-state index is 0.0743.